The van der Waals surface area contributed by atoms with Gasteiger partial charge in [-0.3, -0.25) is 4.79 Å². The topological polar surface area (TPSA) is 61.4 Å². The summed E-state index contributed by atoms with van der Waals surface area (Å²) in [6, 6.07) is 16.4. The van der Waals surface area contributed by atoms with Gasteiger partial charge in [-0.05, 0) is 54.3 Å². The number of nitrogens with one attached hydrogen (secondary N) is 2. The smallest absolute Gasteiger partial charge is 0.321 e. The molecular formula is C21H20FN3O2S. The molecule has 28 heavy (non-hydrogen) atoms. The first-order chi connectivity index (χ1) is 13.5. The molecule has 3 amide bonds. The van der Waals surface area contributed by atoms with Crippen LogP contribution in [0.1, 0.15) is 22.2 Å². The summed E-state index contributed by atoms with van der Waals surface area (Å²) in [6.45, 7) is 2.63. The Balaban J connectivity index is 1.65. The molecule has 1 heterocycles. The zero-order valence-corrected chi connectivity index (χ0v) is 16.1. The van der Waals surface area contributed by atoms with Crippen LogP contribution in [0.4, 0.5) is 20.6 Å². The van der Waals surface area contributed by atoms with E-state index in [1.807, 2.05) is 18.4 Å². The van der Waals surface area contributed by atoms with E-state index in [2.05, 4.69) is 10.6 Å². The van der Waals surface area contributed by atoms with Crippen molar-refractivity contribution in [2.24, 2.45) is 0 Å². The number of hydrogen-bond acceptors (Lipinski definition) is 3. The maximum atomic E-state index is 13.4. The molecular weight excluding hydrogens is 377 g/mol. The van der Waals surface area contributed by atoms with Crippen LogP contribution >= 0.6 is 11.3 Å². The van der Waals surface area contributed by atoms with Crippen LogP contribution in [0.15, 0.2) is 66.0 Å². The van der Waals surface area contributed by atoms with Crippen LogP contribution in [0.3, 0.4) is 0 Å². The van der Waals surface area contributed by atoms with Crippen molar-refractivity contribution in [1.29, 1.82) is 0 Å². The second-order valence-corrected chi connectivity index (χ2v) is 7.03. The van der Waals surface area contributed by atoms with Gasteiger partial charge in [-0.25, -0.2) is 9.18 Å². The summed E-state index contributed by atoms with van der Waals surface area (Å²) in [4.78, 5) is 26.9. The molecule has 3 rings (SSSR count). The molecule has 0 aliphatic heterocycles. The second-order valence-electron chi connectivity index (χ2n) is 6.09. The Hall–Kier alpha value is -3.19. The van der Waals surface area contributed by atoms with Gasteiger partial charge in [0.05, 0.1) is 4.88 Å². The van der Waals surface area contributed by atoms with E-state index in [0.717, 1.165) is 0 Å². The van der Waals surface area contributed by atoms with E-state index in [9.17, 15) is 14.0 Å². The fourth-order valence-electron chi connectivity index (χ4n) is 2.66. The predicted octanol–water partition coefficient (Wildman–Crippen LogP) is 5.19. The highest BCUT2D eigenvalue weighted by molar-refractivity contribution is 7.12. The third-order valence-corrected chi connectivity index (χ3v) is 4.92. The summed E-state index contributed by atoms with van der Waals surface area (Å²) >= 11 is 1.36. The Morgan fingerprint density at radius 2 is 1.75 bits per heavy atom. The molecule has 5 nitrogen and oxygen atoms in total. The maximum absolute atomic E-state index is 13.4. The average molecular weight is 397 g/mol. The fraction of sp³-hybridized carbons (Fsp3) is 0.143. The van der Waals surface area contributed by atoms with Gasteiger partial charge >= 0.3 is 6.03 Å². The highest BCUT2D eigenvalue weighted by atomic mass is 32.1. The quantitative estimate of drug-likeness (QED) is 0.601. The Bertz CT molecular complexity index is 960. The Morgan fingerprint density at radius 1 is 1.00 bits per heavy atom. The van der Waals surface area contributed by atoms with Gasteiger partial charge in [-0.15, -0.1) is 11.3 Å². The lowest BCUT2D eigenvalue weighted by Gasteiger charge is -2.21. The predicted molar refractivity (Wildman–Crippen MR) is 110 cm³/mol. The van der Waals surface area contributed by atoms with E-state index < -0.39 is 0 Å². The van der Waals surface area contributed by atoms with Crippen molar-refractivity contribution in [1.82, 2.24) is 4.90 Å². The van der Waals surface area contributed by atoms with Crippen molar-refractivity contribution in [3.63, 3.8) is 0 Å². The summed E-state index contributed by atoms with van der Waals surface area (Å²) < 4.78 is 13.4. The average Bonchev–Trinajstić information content (AvgIpc) is 3.21. The van der Waals surface area contributed by atoms with Gasteiger partial charge in [0.1, 0.15) is 5.82 Å². The standard InChI is InChI=1S/C21H20FN3O2S/c1-2-25(14-15-6-3-7-16(22)12-15)21(27)24-18-9-4-8-17(13-18)23-20(26)19-10-5-11-28-19/h3-13H,2,14H2,1H3,(H,23,26)(H,24,27). The molecule has 2 aromatic carbocycles. The second kappa shape index (κ2) is 9.14. The highest BCUT2D eigenvalue weighted by Gasteiger charge is 2.13. The number of nitrogens with zero attached hydrogens (tertiary/aromatic N) is 1. The number of urea groups is 1. The molecule has 1 aromatic heterocycles. The summed E-state index contributed by atoms with van der Waals surface area (Å²) in [5.74, 6) is -0.525. The third-order valence-electron chi connectivity index (χ3n) is 4.05. The van der Waals surface area contributed by atoms with Gasteiger partial charge in [0.25, 0.3) is 5.91 Å². The number of carbonyl (C=O) groups excluding carboxylic acids is 2. The molecule has 0 radical (unpaired) electrons. The van der Waals surface area contributed by atoms with E-state index in [1.54, 1.807) is 47.4 Å². The molecule has 0 aliphatic rings. The molecule has 0 saturated carbocycles. The first kappa shape index (κ1) is 19.6. The molecule has 144 valence electrons. The first-order valence-electron chi connectivity index (χ1n) is 8.80. The van der Waals surface area contributed by atoms with Crippen molar-refractivity contribution in [3.05, 3.63) is 82.3 Å². The monoisotopic (exact) mass is 397 g/mol. The summed E-state index contributed by atoms with van der Waals surface area (Å²) in [5, 5.41) is 7.47. The fourth-order valence-corrected chi connectivity index (χ4v) is 3.28. The van der Waals surface area contributed by atoms with Crippen LogP contribution in [-0.4, -0.2) is 23.4 Å². The SMILES string of the molecule is CCN(Cc1cccc(F)c1)C(=O)Nc1cccc(NC(=O)c2cccs2)c1. The molecule has 0 atom stereocenters. The van der Waals surface area contributed by atoms with Crippen molar-refractivity contribution in [2.75, 3.05) is 17.2 Å². The molecule has 0 fully saturated rings. The molecule has 0 spiro atoms. The van der Waals surface area contributed by atoms with Gasteiger partial charge < -0.3 is 15.5 Å². The van der Waals surface area contributed by atoms with Gasteiger partial charge in [-0.2, -0.15) is 0 Å². The zero-order chi connectivity index (χ0) is 19.9. The molecule has 7 heteroatoms. The van der Waals surface area contributed by atoms with Crippen LogP contribution in [0.5, 0.6) is 0 Å². The lowest BCUT2D eigenvalue weighted by Crippen LogP contribution is -2.34. The summed E-state index contributed by atoms with van der Waals surface area (Å²) in [5.41, 5.74) is 1.87. The minimum absolute atomic E-state index is 0.195. The largest absolute Gasteiger partial charge is 0.322 e. The lowest BCUT2D eigenvalue weighted by atomic mass is 10.2. The minimum atomic E-state index is -0.330. The molecule has 0 aliphatic carbocycles. The number of thiophene rings is 1. The highest BCUT2D eigenvalue weighted by Crippen LogP contribution is 2.18. The zero-order valence-electron chi connectivity index (χ0n) is 15.3. The first-order valence-corrected chi connectivity index (χ1v) is 9.68. The van der Waals surface area contributed by atoms with E-state index in [1.165, 1.54) is 23.5 Å². The number of halogens is 1. The third kappa shape index (κ3) is 5.17. The Labute approximate surface area is 166 Å². The minimum Gasteiger partial charge on any atom is -0.321 e. The van der Waals surface area contributed by atoms with Crippen molar-refractivity contribution in [2.45, 2.75) is 13.5 Å². The molecule has 0 saturated heterocycles. The van der Waals surface area contributed by atoms with Gasteiger partial charge in [0.2, 0.25) is 0 Å². The van der Waals surface area contributed by atoms with Crippen molar-refractivity contribution in [3.8, 4) is 0 Å². The normalized spacial score (nSPS) is 10.4. The van der Waals surface area contributed by atoms with Crippen LogP contribution in [-0.2, 0) is 6.54 Å². The maximum Gasteiger partial charge on any atom is 0.322 e. The number of amides is 3. The van der Waals surface area contributed by atoms with E-state index in [-0.39, 0.29) is 17.8 Å². The number of benzene rings is 2. The van der Waals surface area contributed by atoms with Crippen LogP contribution < -0.4 is 10.6 Å². The molecule has 0 unspecified atom stereocenters. The van der Waals surface area contributed by atoms with Crippen LogP contribution in [0.2, 0.25) is 0 Å². The van der Waals surface area contributed by atoms with Crippen molar-refractivity contribution >= 4 is 34.6 Å². The van der Waals surface area contributed by atoms with Gasteiger partial charge in [0, 0.05) is 24.5 Å². The van der Waals surface area contributed by atoms with Crippen LogP contribution in [0.25, 0.3) is 0 Å². The number of rotatable bonds is 6. The van der Waals surface area contributed by atoms with E-state index in [0.29, 0.717) is 34.9 Å². The summed E-state index contributed by atoms with van der Waals surface area (Å²) in [6.07, 6.45) is 0. The molecule has 3 aromatic rings. The lowest BCUT2D eigenvalue weighted by molar-refractivity contribution is 0.103. The number of carbonyl (C=O) groups is 2. The van der Waals surface area contributed by atoms with E-state index >= 15 is 0 Å². The number of anilines is 2. The Kier molecular flexibility index (Phi) is 6.39. The van der Waals surface area contributed by atoms with Crippen LogP contribution in [0, 0.1) is 5.82 Å². The summed E-state index contributed by atoms with van der Waals surface area (Å²) in [7, 11) is 0. The molecule has 0 bridgehead atoms. The van der Waals surface area contributed by atoms with Crippen molar-refractivity contribution < 1.29 is 14.0 Å². The van der Waals surface area contributed by atoms with E-state index in [4.69, 9.17) is 0 Å². The number of hydrogen-bond donors (Lipinski definition) is 2. The Morgan fingerprint density at radius 3 is 2.43 bits per heavy atom. The van der Waals surface area contributed by atoms with Gasteiger partial charge in [0.15, 0.2) is 0 Å². The van der Waals surface area contributed by atoms with Gasteiger partial charge in [-0.1, -0.05) is 24.3 Å². The molecule has 2 N–H and O–H groups in total.